The average molecular weight is 286 g/mol. The number of hydrogen-bond acceptors (Lipinski definition) is 5. The minimum absolute atomic E-state index is 0.549. The van der Waals surface area contributed by atoms with E-state index in [1.54, 1.807) is 0 Å². The predicted octanol–water partition coefficient (Wildman–Crippen LogP) is 2.13. The van der Waals surface area contributed by atoms with Crippen LogP contribution in [0.25, 0.3) is 11.4 Å². The Morgan fingerprint density at radius 2 is 2.05 bits per heavy atom. The number of aromatic nitrogens is 2. The molecule has 3 N–H and O–H groups in total. The van der Waals surface area contributed by atoms with Crippen LogP contribution in [-0.2, 0) is 13.0 Å². The summed E-state index contributed by atoms with van der Waals surface area (Å²) in [6, 6.07) is 7.99. The molecule has 2 aromatic rings. The van der Waals surface area contributed by atoms with Crippen LogP contribution in [-0.4, -0.2) is 23.2 Å². The van der Waals surface area contributed by atoms with Crippen molar-refractivity contribution in [1.29, 1.82) is 0 Å². The molecule has 1 atom stereocenters. The normalized spacial score (nSPS) is 19.4. The van der Waals surface area contributed by atoms with Gasteiger partial charge in [0.15, 0.2) is 0 Å². The molecule has 1 aliphatic heterocycles. The van der Waals surface area contributed by atoms with E-state index in [1.807, 2.05) is 24.3 Å². The molecule has 0 spiro atoms. The summed E-state index contributed by atoms with van der Waals surface area (Å²) in [6.45, 7) is 2.76. The van der Waals surface area contributed by atoms with Gasteiger partial charge in [-0.25, -0.2) is 0 Å². The number of nitrogens with one attached hydrogen (secondary N) is 1. The number of hydrogen-bond donors (Lipinski definition) is 2. The van der Waals surface area contributed by atoms with E-state index >= 15 is 0 Å². The highest BCUT2D eigenvalue weighted by atomic mass is 16.5. The first-order valence-electron chi connectivity index (χ1n) is 7.68. The Labute approximate surface area is 124 Å². The molecule has 1 aliphatic rings. The largest absolute Gasteiger partial charge is 0.339 e. The van der Waals surface area contributed by atoms with Crippen molar-refractivity contribution < 1.29 is 4.52 Å². The molecule has 1 saturated heterocycles. The maximum atomic E-state index is 5.60. The molecule has 0 radical (unpaired) electrons. The van der Waals surface area contributed by atoms with Crippen LogP contribution in [0.15, 0.2) is 28.8 Å². The van der Waals surface area contributed by atoms with E-state index in [2.05, 4.69) is 15.5 Å². The Morgan fingerprint density at radius 3 is 2.86 bits per heavy atom. The zero-order chi connectivity index (χ0) is 14.5. The van der Waals surface area contributed by atoms with Crippen LogP contribution < -0.4 is 11.1 Å². The zero-order valence-corrected chi connectivity index (χ0v) is 12.2. The fourth-order valence-corrected chi connectivity index (χ4v) is 2.79. The molecule has 0 saturated carbocycles. The first kappa shape index (κ1) is 14.2. The van der Waals surface area contributed by atoms with Gasteiger partial charge in [-0.2, -0.15) is 4.98 Å². The van der Waals surface area contributed by atoms with Gasteiger partial charge in [0.1, 0.15) is 0 Å². The molecule has 0 bridgehead atoms. The third-order valence-corrected chi connectivity index (χ3v) is 4.07. The maximum absolute atomic E-state index is 5.60. The number of rotatable bonds is 4. The van der Waals surface area contributed by atoms with Crippen LogP contribution in [0.5, 0.6) is 0 Å². The highest BCUT2D eigenvalue weighted by Gasteiger charge is 2.17. The smallest absolute Gasteiger partial charge is 0.227 e. The van der Waals surface area contributed by atoms with E-state index < -0.39 is 0 Å². The molecular weight excluding hydrogens is 264 g/mol. The Balaban J connectivity index is 1.67. The molecular formula is C16H22N4O. The molecule has 1 aromatic carbocycles. The monoisotopic (exact) mass is 286 g/mol. The molecule has 5 heteroatoms. The number of nitrogens with zero attached hydrogens (tertiary/aromatic N) is 2. The van der Waals surface area contributed by atoms with E-state index in [9.17, 15) is 0 Å². The van der Waals surface area contributed by atoms with Crippen LogP contribution in [0.2, 0.25) is 0 Å². The first-order valence-corrected chi connectivity index (χ1v) is 7.68. The summed E-state index contributed by atoms with van der Waals surface area (Å²) in [7, 11) is 0. The van der Waals surface area contributed by atoms with Crippen molar-refractivity contribution in [3.63, 3.8) is 0 Å². The zero-order valence-electron chi connectivity index (χ0n) is 12.2. The third-order valence-electron chi connectivity index (χ3n) is 4.07. The van der Waals surface area contributed by atoms with E-state index in [0.29, 0.717) is 18.3 Å². The van der Waals surface area contributed by atoms with Crippen molar-refractivity contribution in [1.82, 2.24) is 15.5 Å². The summed E-state index contributed by atoms with van der Waals surface area (Å²) in [5, 5.41) is 7.53. The summed E-state index contributed by atoms with van der Waals surface area (Å²) in [6.07, 6.45) is 4.53. The Hall–Kier alpha value is -1.72. The number of benzene rings is 1. The second kappa shape index (κ2) is 6.83. The van der Waals surface area contributed by atoms with Gasteiger partial charge >= 0.3 is 0 Å². The fourth-order valence-electron chi connectivity index (χ4n) is 2.79. The van der Waals surface area contributed by atoms with Crippen molar-refractivity contribution in [2.45, 2.75) is 32.2 Å². The third kappa shape index (κ3) is 3.68. The van der Waals surface area contributed by atoms with Gasteiger partial charge in [-0.15, -0.1) is 0 Å². The lowest BCUT2D eigenvalue weighted by Crippen LogP contribution is -2.14. The highest BCUT2D eigenvalue weighted by molar-refractivity contribution is 5.54. The molecule has 1 unspecified atom stereocenters. The van der Waals surface area contributed by atoms with Crippen LogP contribution in [0, 0.1) is 5.92 Å². The lowest BCUT2D eigenvalue weighted by Gasteiger charge is -2.09. The summed E-state index contributed by atoms with van der Waals surface area (Å²) in [4.78, 5) is 4.53. The van der Waals surface area contributed by atoms with E-state index in [1.165, 1.54) is 19.3 Å². The number of nitrogens with two attached hydrogens (primary N) is 1. The van der Waals surface area contributed by atoms with E-state index in [-0.39, 0.29) is 0 Å². The van der Waals surface area contributed by atoms with Crippen molar-refractivity contribution in [2.24, 2.45) is 11.7 Å². The molecule has 0 amide bonds. The van der Waals surface area contributed by atoms with Gasteiger partial charge in [-0.1, -0.05) is 29.4 Å². The van der Waals surface area contributed by atoms with Gasteiger partial charge in [0.25, 0.3) is 0 Å². The standard InChI is InChI=1S/C16H22N4O/c17-11-13-3-5-14(6-4-13)16-19-15(21-20-16)10-12-2-1-8-18-9-7-12/h3-6,12,18H,1-2,7-11,17H2. The van der Waals surface area contributed by atoms with Crippen LogP contribution in [0.4, 0.5) is 0 Å². The molecule has 5 nitrogen and oxygen atoms in total. The lowest BCUT2D eigenvalue weighted by atomic mass is 9.97. The second-order valence-corrected chi connectivity index (χ2v) is 5.66. The van der Waals surface area contributed by atoms with Gasteiger partial charge in [-0.05, 0) is 43.8 Å². The molecule has 3 rings (SSSR count). The Morgan fingerprint density at radius 1 is 1.19 bits per heavy atom. The van der Waals surface area contributed by atoms with Crippen LogP contribution >= 0.6 is 0 Å². The van der Waals surface area contributed by atoms with Gasteiger partial charge < -0.3 is 15.6 Å². The first-order chi connectivity index (χ1) is 10.3. The Kier molecular flexibility index (Phi) is 4.62. The highest BCUT2D eigenvalue weighted by Crippen LogP contribution is 2.21. The van der Waals surface area contributed by atoms with E-state index in [0.717, 1.165) is 36.5 Å². The molecule has 21 heavy (non-hydrogen) atoms. The summed E-state index contributed by atoms with van der Waals surface area (Å²) < 4.78 is 5.41. The Bertz CT molecular complexity index is 556. The minimum Gasteiger partial charge on any atom is -0.339 e. The molecule has 2 heterocycles. The quantitative estimate of drug-likeness (QED) is 0.900. The van der Waals surface area contributed by atoms with Crippen molar-refractivity contribution in [3.8, 4) is 11.4 Å². The molecule has 1 aromatic heterocycles. The van der Waals surface area contributed by atoms with Crippen molar-refractivity contribution in [2.75, 3.05) is 13.1 Å². The van der Waals surface area contributed by atoms with Gasteiger partial charge in [0, 0.05) is 18.5 Å². The van der Waals surface area contributed by atoms with Gasteiger partial charge in [-0.3, -0.25) is 0 Å². The fraction of sp³-hybridized carbons (Fsp3) is 0.500. The van der Waals surface area contributed by atoms with Crippen molar-refractivity contribution >= 4 is 0 Å². The summed E-state index contributed by atoms with van der Waals surface area (Å²) >= 11 is 0. The maximum Gasteiger partial charge on any atom is 0.227 e. The van der Waals surface area contributed by atoms with Crippen molar-refractivity contribution in [3.05, 3.63) is 35.7 Å². The topological polar surface area (TPSA) is 77.0 Å². The van der Waals surface area contributed by atoms with E-state index in [4.69, 9.17) is 10.3 Å². The summed E-state index contributed by atoms with van der Waals surface area (Å²) in [5.74, 6) is 2.06. The minimum atomic E-state index is 0.549. The van der Waals surface area contributed by atoms with Gasteiger partial charge in [0.05, 0.1) is 0 Å². The SMILES string of the molecule is NCc1ccc(-c2noc(CC3CCCNCC3)n2)cc1. The molecule has 0 aliphatic carbocycles. The molecule has 1 fully saturated rings. The second-order valence-electron chi connectivity index (χ2n) is 5.66. The van der Waals surface area contributed by atoms with Gasteiger partial charge in [0.2, 0.25) is 11.7 Å². The average Bonchev–Trinajstić information content (AvgIpc) is 2.83. The van der Waals surface area contributed by atoms with Crippen LogP contribution in [0.1, 0.15) is 30.7 Å². The predicted molar refractivity (Wildman–Crippen MR) is 81.5 cm³/mol. The van der Waals surface area contributed by atoms with Crippen LogP contribution in [0.3, 0.4) is 0 Å². The lowest BCUT2D eigenvalue weighted by molar-refractivity contribution is 0.341. The summed E-state index contributed by atoms with van der Waals surface area (Å²) in [5.41, 5.74) is 7.69. The molecule has 112 valence electrons.